The molecule has 0 saturated carbocycles. The Morgan fingerprint density at radius 3 is 2.50 bits per heavy atom. The molecule has 28 heavy (non-hydrogen) atoms. The first kappa shape index (κ1) is 21.5. The molecule has 0 N–H and O–H groups in total. The number of hydrogen-bond acceptors (Lipinski definition) is 4. The highest BCUT2D eigenvalue weighted by Gasteiger charge is 2.51. The molecule has 2 aliphatic heterocycles. The predicted octanol–water partition coefficient (Wildman–Crippen LogP) is 3.64. The lowest BCUT2D eigenvalue weighted by Gasteiger charge is -2.33. The second-order valence-corrected chi connectivity index (χ2v) is 8.69. The summed E-state index contributed by atoms with van der Waals surface area (Å²) in [6, 6.07) is 7.50. The molecule has 2 fully saturated rings. The van der Waals surface area contributed by atoms with E-state index in [1.54, 1.807) is 0 Å². The van der Waals surface area contributed by atoms with E-state index in [1.807, 2.05) is 56.9 Å². The third kappa shape index (κ3) is 4.83. The van der Waals surface area contributed by atoms with Crippen LogP contribution in [0.15, 0.2) is 24.3 Å². The van der Waals surface area contributed by atoms with Crippen molar-refractivity contribution in [3.8, 4) is 5.75 Å². The first-order chi connectivity index (χ1) is 13.0. The lowest BCUT2D eigenvalue weighted by molar-refractivity contribution is -0.186. The largest absolute Gasteiger partial charge is 0.494 e. The van der Waals surface area contributed by atoms with Gasteiger partial charge in [0.1, 0.15) is 12.4 Å². The van der Waals surface area contributed by atoms with Crippen LogP contribution >= 0.6 is 0 Å². The molecule has 1 atom stereocenters. The second kappa shape index (κ2) is 7.88. The number of halogens is 3. The van der Waals surface area contributed by atoms with Gasteiger partial charge in [-0.15, -0.1) is 0 Å². The number of alkyl halides is 3. The molecule has 2 saturated heterocycles. The van der Waals surface area contributed by atoms with E-state index in [0.717, 1.165) is 5.46 Å². The molecule has 8 heteroatoms. The number of ether oxygens (including phenoxy) is 1. The van der Waals surface area contributed by atoms with Gasteiger partial charge in [0, 0.05) is 13.1 Å². The van der Waals surface area contributed by atoms with Gasteiger partial charge in [0.25, 0.3) is 0 Å². The molecule has 1 unspecified atom stereocenters. The van der Waals surface area contributed by atoms with Crippen LogP contribution < -0.4 is 10.2 Å². The molecule has 156 valence electrons. The minimum atomic E-state index is -4.11. The van der Waals surface area contributed by atoms with Crippen molar-refractivity contribution in [1.29, 1.82) is 0 Å². The Morgan fingerprint density at radius 1 is 1.18 bits per heavy atom. The summed E-state index contributed by atoms with van der Waals surface area (Å²) in [7, 11) is -0.469. The zero-order valence-corrected chi connectivity index (χ0v) is 17.0. The van der Waals surface area contributed by atoms with E-state index in [2.05, 4.69) is 0 Å². The summed E-state index contributed by atoms with van der Waals surface area (Å²) in [6.45, 7) is 9.57. The molecule has 0 aliphatic carbocycles. The van der Waals surface area contributed by atoms with Crippen LogP contribution in [0.25, 0.3) is 0 Å². The van der Waals surface area contributed by atoms with E-state index in [1.165, 1.54) is 0 Å². The normalized spacial score (nSPS) is 25.1. The van der Waals surface area contributed by atoms with Gasteiger partial charge in [-0.25, -0.2) is 0 Å². The van der Waals surface area contributed by atoms with Crippen LogP contribution in [-0.4, -0.2) is 55.6 Å². The Hall–Kier alpha value is -1.25. The van der Waals surface area contributed by atoms with Gasteiger partial charge >= 0.3 is 13.3 Å². The lowest BCUT2D eigenvalue weighted by Crippen LogP contribution is -2.43. The van der Waals surface area contributed by atoms with Gasteiger partial charge in [0.15, 0.2) is 0 Å². The highest BCUT2D eigenvalue weighted by Crippen LogP contribution is 2.36. The van der Waals surface area contributed by atoms with Gasteiger partial charge in [-0.3, -0.25) is 4.90 Å². The maximum Gasteiger partial charge on any atom is 0.494 e. The molecule has 2 aliphatic rings. The number of benzene rings is 1. The van der Waals surface area contributed by atoms with Gasteiger partial charge in [-0.05, 0) is 64.7 Å². The van der Waals surface area contributed by atoms with E-state index in [9.17, 15) is 13.2 Å². The fraction of sp³-hybridized carbons (Fsp3) is 0.700. The summed E-state index contributed by atoms with van der Waals surface area (Å²) in [4.78, 5) is 1.83. The van der Waals surface area contributed by atoms with E-state index < -0.39 is 30.4 Å². The Labute approximate surface area is 165 Å². The molecular weight excluding hydrogens is 370 g/mol. The topological polar surface area (TPSA) is 30.9 Å². The van der Waals surface area contributed by atoms with Gasteiger partial charge in [0.2, 0.25) is 0 Å². The monoisotopic (exact) mass is 399 g/mol. The summed E-state index contributed by atoms with van der Waals surface area (Å²) in [5, 5.41) is 0. The minimum Gasteiger partial charge on any atom is -0.492 e. The van der Waals surface area contributed by atoms with Gasteiger partial charge in [-0.1, -0.05) is 12.1 Å². The van der Waals surface area contributed by atoms with Crippen molar-refractivity contribution >= 4 is 12.6 Å². The zero-order valence-electron chi connectivity index (χ0n) is 17.0. The SMILES string of the molecule is CC1(C)OB(c2cccc(OCCN3CCCC(C(F)(F)F)C3)c2)OC1(C)C. The molecular formula is C20H29BF3NO3. The molecule has 0 radical (unpaired) electrons. The minimum absolute atomic E-state index is 0.0564. The van der Waals surface area contributed by atoms with E-state index >= 15 is 0 Å². The number of piperidine rings is 1. The molecule has 3 rings (SSSR count). The van der Waals surface area contributed by atoms with Gasteiger partial charge < -0.3 is 14.0 Å². The molecule has 0 spiro atoms. The molecule has 4 nitrogen and oxygen atoms in total. The molecule has 0 amide bonds. The fourth-order valence-electron chi connectivity index (χ4n) is 3.55. The Kier molecular flexibility index (Phi) is 6.04. The second-order valence-electron chi connectivity index (χ2n) is 8.69. The number of hydrogen-bond donors (Lipinski definition) is 0. The van der Waals surface area contributed by atoms with Crippen LogP contribution in [0.1, 0.15) is 40.5 Å². The summed E-state index contributed by atoms with van der Waals surface area (Å²) in [6.07, 6.45) is -3.32. The Bertz CT molecular complexity index is 665. The van der Waals surface area contributed by atoms with Crippen molar-refractivity contribution in [2.24, 2.45) is 5.92 Å². The molecule has 0 aromatic heterocycles. The third-order valence-corrected chi connectivity index (χ3v) is 6.03. The maximum absolute atomic E-state index is 12.9. The highest BCUT2D eigenvalue weighted by molar-refractivity contribution is 6.62. The average Bonchev–Trinajstić information content (AvgIpc) is 2.83. The highest BCUT2D eigenvalue weighted by atomic mass is 19.4. The van der Waals surface area contributed by atoms with Gasteiger partial charge in [0.05, 0.1) is 17.1 Å². The lowest BCUT2D eigenvalue weighted by atomic mass is 9.79. The van der Waals surface area contributed by atoms with E-state index in [0.29, 0.717) is 31.9 Å². The fourth-order valence-corrected chi connectivity index (χ4v) is 3.55. The van der Waals surface area contributed by atoms with E-state index in [-0.39, 0.29) is 13.0 Å². The van der Waals surface area contributed by atoms with Crippen molar-refractivity contribution in [3.63, 3.8) is 0 Å². The zero-order chi connectivity index (χ0) is 20.6. The average molecular weight is 399 g/mol. The summed E-state index contributed by atoms with van der Waals surface area (Å²) in [5.41, 5.74) is 0.0292. The molecule has 1 aromatic carbocycles. The van der Waals surface area contributed by atoms with E-state index in [4.69, 9.17) is 14.0 Å². The molecule has 2 heterocycles. The summed E-state index contributed by atoms with van der Waals surface area (Å²) >= 11 is 0. The number of likely N-dealkylation sites (tertiary alicyclic amines) is 1. The Balaban J connectivity index is 1.53. The summed E-state index contributed by atoms with van der Waals surface area (Å²) in [5.74, 6) is -0.565. The van der Waals surface area contributed by atoms with Crippen LogP contribution in [0.5, 0.6) is 5.75 Å². The van der Waals surface area contributed by atoms with Gasteiger partial charge in [-0.2, -0.15) is 13.2 Å². The summed E-state index contributed by atoms with van der Waals surface area (Å²) < 4.78 is 56.7. The van der Waals surface area contributed by atoms with Crippen LogP contribution in [0.3, 0.4) is 0 Å². The quantitative estimate of drug-likeness (QED) is 0.708. The first-order valence-electron chi connectivity index (χ1n) is 9.85. The molecule has 1 aromatic rings. The van der Waals surface area contributed by atoms with Crippen molar-refractivity contribution in [2.75, 3.05) is 26.2 Å². The van der Waals surface area contributed by atoms with Crippen molar-refractivity contribution in [2.45, 2.75) is 57.9 Å². The van der Waals surface area contributed by atoms with Crippen molar-refractivity contribution < 1.29 is 27.2 Å². The van der Waals surface area contributed by atoms with Crippen LogP contribution in [0.2, 0.25) is 0 Å². The predicted molar refractivity (Wildman–Crippen MR) is 103 cm³/mol. The van der Waals surface area contributed by atoms with Crippen LogP contribution in [0, 0.1) is 5.92 Å². The van der Waals surface area contributed by atoms with Crippen LogP contribution in [-0.2, 0) is 9.31 Å². The number of nitrogens with zero attached hydrogens (tertiary/aromatic N) is 1. The Morgan fingerprint density at radius 2 is 1.86 bits per heavy atom. The third-order valence-electron chi connectivity index (χ3n) is 6.03. The van der Waals surface area contributed by atoms with Crippen LogP contribution in [0.4, 0.5) is 13.2 Å². The molecule has 0 bridgehead atoms. The van der Waals surface area contributed by atoms with Crippen molar-refractivity contribution in [1.82, 2.24) is 4.90 Å². The number of rotatable bonds is 5. The van der Waals surface area contributed by atoms with Crippen molar-refractivity contribution in [3.05, 3.63) is 24.3 Å². The standard InChI is InChI=1S/C20H29BF3NO3/c1-18(2)19(3,4)28-21(27-18)16-8-5-9-17(13-16)26-12-11-25-10-6-7-15(14-25)20(22,23)24/h5,8-9,13,15H,6-7,10-12,14H2,1-4H3. The maximum atomic E-state index is 12.9. The first-order valence-corrected chi connectivity index (χ1v) is 9.85. The smallest absolute Gasteiger partial charge is 0.492 e.